The molecule has 0 unspecified atom stereocenters. The van der Waals surface area contributed by atoms with E-state index in [1.807, 2.05) is 17.9 Å². The highest BCUT2D eigenvalue weighted by Gasteiger charge is 2.26. The lowest BCUT2D eigenvalue weighted by molar-refractivity contribution is 0.0746. The lowest BCUT2D eigenvalue weighted by Crippen LogP contribution is -2.49. The normalized spacial score (nSPS) is 14.0. The van der Waals surface area contributed by atoms with E-state index in [1.54, 1.807) is 30.3 Å². The minimum Gasteiger partial charge on any atom is -0.353 e. The largest absolute Gasteiger partial charge is 0.353 e. The first-order valence-electron chi connectivity index (χ1n) is 11.0. The van der Waals surface area contributed by atoms with Crippen LogP contribution in [0.3, 0.4) is 0 Å². The molecule has 2 heterocycles. The zero-order valence-electron chi connectivity index (χ0n) is 18.6. The monoisotopic (exact) mass is 486 g/mol. The van der Waals surface area contributed by atoms with Gasteiger partial charge in [0.15, 0.2) is 0 Å². The molecule has 172 valence electrons. The molecule has 0 N–H and O–H groups in total. The van der Waals surface area contributed by atoms with Crippen LogP contribution in [0.5, 0.6) is 0 Å². The van der Waals surface area contributed by atoms with E-state index >= 15 is 0 Å². The third kappa shape index (κ3) is 5.28. The Balaban J connectivity index is 1.55. The van der Waals surface area contributed by atoms with Crippen molar-refractivity contribution >= 4 is 34.9 Å². The van der Waals surface area contributed by atoms with Crippen LogP contribution >= 0.6 is 23.2 Å². The molecule has 0 spiro atoms. The number of piperazine rings is 1. The third-order valence-electron chi connectivity index (χ3n) is 5.82. The molecular weight excluding hydrogens is 462 g/mol. The van der Waals surface area contributed by atoms with Crippen LogP contribution in [-0.4, -0.2) is 47.0 Å². The zero-order valence-corrected chi connectivity index (χ0v) is 20.1. The Kier molecular flexibility index (Phi) is 7.15. The molecule has 0 atom stereocenters. The highest BCUT2D eigenvalue weighted by Crippen LogP contribution is 2.27. The first kappa shape index (κ1) is 23.5. The van der Waals surface area contributed by atoms with E-state index in [0.29, 0.717) is 54.0 Å². The molecule has 1 aliphatic rings. The summed E-state index contributed by atoms with van der Waals surface area (Å²) >= 11 is 12.1. The van der Waals surface area contributed by atoms with Crippen molar-refractivity contribution in [3.63, 3.8) is 0 Å². The molecular formula is C25H25Cl2FN4O. The Morgan fingerprint density at radius 3 is 2.45 bits per heavy atom. The molecule has 3 aromatic rings. The average Bonchev–Trinajstić information content (AvgIpc) is 2.81. The van der Waals surface area contributed by atoms with Crippen LogP contribution in [0.2, 0.25) is 10.0 Å². The number of rotatable bonds is 5. The fourth-order valence-electron chi connectivity index (χ4n) is 4.16. The summed E-state index contributed by atoms with van der Waals surface area (Å²) in [4.78, 5) is 26.4. The van der Waals surface area contributed by atoms with Crippen molar-refractivity contribution in [2.75, 3.05) is 31.1 Å². The SMILES string of the molecule is CCc1nc(C)nc(N2CCN(C(=O)c3ccc(Cl)c(Cl)c3)CC2)c1Cc1cccc(F)c1. The summed E-state index contributed by atoms with van der Waals surface area (Å²) < 4.78 is 13.8. The molecule has 8 heteroatoms. The predicted octanol–water partition coefficient (Wildman–Crippen LogP) is 5.35. The van der Waals surface area contributed by atoms with Crippen LogP contribution in [0, 0.1) is 12.7 Å². The number of aryl methyl sites for hydroxylation is 2. The van der Waals surface area contributed by atoms with Gasteiger partial charge in [0.1, 0.15) is 17.5 Å². The number of anilines is 1. The van der Waals surface area contributed by atoms with E-state index in [4.69, 9.17) is 28.2 Å². The predicted molar refractivity (Wildman–Crippen MR) is 130 cm³/mol. The summed E-state index contributed by atoms with van der Waals surface area (Å²) in [5, 5.41) is 0.793. The Morgan fingerprint density at radius 2 is 1.79 bits per heavy atom. The molecule has 0 aliphatic carbocycles. The van der Waals surface area contributed by atoms with E-state index < -0.39 is 0 Å². The van der Waals surface area contributed by atoms with Crippen LogP contribution in [0.25, 0.3) is 0 Å². The highest BCUT2D eigenvalue weighted by molar-refractivity contribution is 6.42. The number of halogens is 3. The van der Waals surface area contributed by atoms with Crippen LogP contribution in [-0.2, 0) is 12.8 Å². The molecule has 2 aromatic carbocycles. The molecule has 0 saturated carbocycles. The summed E-state index contributed by atoms with van der Waals surface area (Å²) in [6.45, 7) is 6.35. The molecule has 0 radical (unpaired) electrons. The molecule has 0 bridgehead atoms. The molecule has 1 aliphatic heterocycles. The van der Waals surface area contributed by atoms with E-state index in [2.05, 4.69) is 16.8 Å². The number of carbonyl (C=O) groups excluding carboxylic acids is 1. The second kappa shape index (κ2) is 10.1. The van der Waals surface area contributed by atoms with Crippen molar-refractivity contribution in [1.82, 2.24) is 14.9 Å². The van der Waals surface area contributed by atoms with Crippen LogP contribution in [0.1, 0.15) is 39.9 Å². The fraction of sp³-hybridized carbons (Fsp3) is 0.320. The van der Waals surface area contributed by atoms with Gasteiger partial charge in [-0.05, 0) is 49.2 Å². The van der Waals surface area contributed by atoms with Crippen LogP contribution in [0.4, 0.5) is 10.2 Å². The first-order valence-corrected chi connectivity index (χ1v) is 11.7. The summed E-state index contributed by atoms with van der Waals surface area (Å²) in [6, 6.07) is 11.6. The smallest absolute Gasteiger partial charge is 0.254 e. The molecule has 1 aromatic heterocycles. The number of benzene rings is 2. The van der Waals surface area contributed by atoms with Gasteiger partial charge >= 0.3 is 0 Å². The zero-order chi connectivity index (χ0) is 23.5. The second-order valence-electron chi connectivity index (χ2n) is 8.09. The number of hydrogen-bond acceptors (Lipinski definition) is 4. The van der Waals surface area contributed by atoms with Gasteiger partial charge in [0.05, 0.1) is 10.0 Å². The quantitative estimate of drug-likeness (QED) is 0.487. The van der Waals surface area contributed by atoms with Crippen molar-refractivity contribution in [2.24, 2.45) is 0 Å². The van der Waals surface area contributed by atoms with Crippen molar-refractivity contribution in [2.45, 2.75) is 26.7 Å². The Bertz CT molecular complexity index is 1180. The maximum absolute atomic E-state index is 13.8. The third-order valence-corrected chi connectivity index (χ3v) is 6.56. The fourth-order valence-corrected chi connectivity index (χ4v) is 4.45. The summed E-state index contributed by atoms with van der Waals surface area (Å²) in [6.07, 6.45) is 1.32. The van der Waals surface area contributed by atoms with Crippen LogP contribution in [0.15, 0.2) is 42.5 Å². The lowest BCUT2D eigenvalue weighted by Gasteiger charge is -2.36. The second-order valence-corrected chi connectivity index (χ2v) is 8.90. The minimum absolute atomic E-state index is 0.0682. The number of aromatic nitrogens is 2. The van der Waals surface area contributed by atoms with E-state index in [1.165, 1.54) is 6.07 Å². The summed E-state index contributed by atoms with van der Waals surface area (Å²) in [5.41, 5.74) is 3.39. The van der Waals surface area contributed by atoms with Gasteiger partial charge in [0.25, 0.3) is 5.91 Å². The molecule has 4 rings (SSSR count). The number of amides is 1. The van der Waals surface area contributed by atoms with Gasteiger partial charge in [-0.3, -0.25) is 4.79 Å². The molecule has 1 fully saturated rings. The molecule has 1 saturated heterocycles. The lowest BCUT2D eigenvalue weighted by atomic mass is 10.0. The van der Waals surface area contributed by atoms with E-state index in [0.717, 1.165) is 29.1 Å². The first-order chi connectivity index (χ1) is 15.9. The van der Waals surface area contributed by atoms with Gasteiger partial charge in [-0.15, -0.1) is 0 Å². The minimum atomic E-state index is -0.255. The Labute approximate surface area is 203 Å². The van der Waals surface area contributed by atoms with Gasteiger partial charge in [-0.25, -0.2) is 14.4 Å². The maximum Gasteiger partial charge on any atom is 0.254 e. The van der Waals surface area contributed by atoms with Crippen molar-refractivity contribution < 1.29 is 9.18 Å². The average molecular weight is 487 g/mol. The molecule has 5 nitrogen and oxygen atoms in total. The van der Waals surface area contributed by atoms with Gasteiger partial charge in [-0.1, -0.05) is 42.3 Å². The van der Waals surface area contributed by atoms with Gasteiger partial charge < -0.3 is 9.80 Å². The number of nitrogens with zero attached hydrogens (tertiary/aromatic N) is 4. The van der Waals surface area contributed by atoms with E-state index in [9.17, 15) is 9.18 Å². The summed E-state index contributed by atoms with van der Waals surface area (Å²) in [7, 11) is 0. The standard InChI is InChI=1S/C25H25Cl2FN4O/c1-3-23-20(14-17-5-4-6-19(28)13-17)24(30-16(2)29-23)31-9-11-32(12-10-31)25(33)18-7-8-21(26)22(27)15-18/h4-8,13,15H,3,9-12,14H2,1-2H3. The van der Waals surface area contributed by atoms with Gasteiger partial charge in [0.2, 0.25) is 0 Å². The van der Waals surface area contributed by atoms with Crippen molar-refractivity contribution in [1.29, 1.82) is 0 Å². The van der Waals surface area contributed by atoms with E-state index in [-0.39, 0.29) is 11.7 Å². The Morgan fingerprint density at radius 1 is 1.03 bits per heavy atom. The maximum atomic E-state index is 13.8. The number of hydrogen-bond donors (Lipinski definition) is 0. The molecule has 1 amide bonds. The van der Waals surface area contributed by atoms with Crippen molar-refractivity contribution in [3.05, 3.63) is 86.5 Å². The molecule has 33 heavy (non-hydrogen) atoms. The van der Waals surface area contributed by atoms with Gasteiger partial charge in [0, 0.05) is 49.4 Å². The van der Waals surface area contributed by atoms with Gasteiger partial charge in [-0.2, -0.15) is 0 Å². The highest BCUT2D eigenvalue weighted by atomic mass is 35.5. The summed E-state index contributed by atoms with van der Waals surface area (Å²) in [5.74, 6) is 1.25. The van der Waals surface area contributed by atoms with Crippen molar-refractivity contribution in [3.8, 4) is 0 Å². The topological polar surface area (TPSA) is 49.3 Å². The van der Waals surface area contributed by atoms with Crippen LogP contribution < -0.4 is 4.90 Å². The number of carbonyl (C=O) groups is 1. The Hall–Kier alpha value is -2.70.